The fourth-order valence-corrected chi connectivity index (χ4v) is 3.43. The number of carbonyl (C=O) groups is 1. The average Bonchev–Trinajstić information content (AvgIpc) is 3.22. The van der Waals surface area contributed by atoms with Gasteiger partial charge in [-0.1, -0.05) is 11.2 Å². The van der Waals surface area contributed by atoms with Crippen LogP contribution in [0.15, 0.2) is 53.3 Å². The Hall–Kier alpha value is -3.13. The molecule has 3 aromatic rings. The number of hydrogen-bond acceptors (Lipinski definition) is 5. The fourth-order valence-electron chi connectivity index (χ4n) is 3.43. The molecule has 0 bridgehead atoms. The predicted molar refractivity (Wildman–Crippen MR) is 97.6 cm³/mol. The quantitative estimate of drug-likeness (QED) is 0.723. The zero-order chi connectivity index (χ0) is 19.5. The van der Waals surface area contributed by atoms with Gasteiger partial charge >= 0.3 is 0 Å². The number of benzene rings is 1. The van der Waals surface area contributed by atoms with Gasteiger partial charge in [0.1, 0.15) is 0 Å². The summed E-state index contributed by atoms with van der Waals surface area (Å²) in [6.45, 7) is 1.25. The highest BCUT2D eigenvalue weighted by molar-refractivity contribution is 5.93. The van der Waals surface area contributed by atoms with Gasteiger partial charge in [0.15, 0.2) is 23.1 Å². The minimum atomic E-state index is -0.889. The lowest BCUT2D eigenvalue weighted by atomic mass is 9.86. The second-order valence-corrected chi connectivity index (χ2v) is 6.67. The van der Waals surface area contributed by atoms with Crippen LogP contribution in [0.25, 0.3) is 11.3 Å². The standard InChI is InChI=1S/C20H18F2N4O2/c21-15-2-1-13(9-16(15)22)14-5-8-24-11-18(14)25-20(27)17-10-19(28-26-17)12-3-6-23-7-4-12/h1-4,6-7,9-10,14,18,24H,5,8,11H2,(H,25,27). The third-order valence-corrected chi connectivity index (χ3v) is 4.88. The Morgan fingerprint density at radius 2 is 1.96 bits per heavy atom. The molecule has 1 saturated heterocycles. The summed E-state index contributed by atoms with van der Waals surface area (Å²) in [6.07, 6.45) is 3.94. The highest BCUT2D eigenvalue weighted by Crippen LogP contribution is 2.27. The van der Waals surface area contributed by atoms with Crippen molar-refractivity contribution in [3.8, 4) is 11.3 Å². The molecule has 1 amide bonds. The first-order chi connectivity index (χ1) is 13.6. The van der Waals surface area contributed by atoms with E-state index in [0.717, 1.165) is 18.2 Å². The molecule has 2 unspecified atom stereocenters. The van der Waals surface area contributed by atoms with Gasteiger partial charge in [-0.05, 0) is 42.8 Å². The second kappa shape index (κ2) is 7.85. The number of pyridine rings is 1. The topological polar surface area (TPSA) is 80.0 Å². The summed E-state index contributed by atoms with van der Waals surface area (Å²) >= 11 is 0. The number of rotatable bonds is 4. The largest absolute Gasteiger partial charge is 0.355 e. The molecule has 2 atom stereocenters. The van der Waals surface area contributed by atoms with Gasteiger partial charge in [-0.25, -0.2) is 8.78 Å². The maximum absolute atomic E-state index is 13.6. The number of nitrogens with zero attached hydrogens (tertiary/aromatic N) is 2. The molecule has 6 nitrogen and oxygen atoms in total. The van der Waals surface area contributed by atoms with Gasteiger partial charge in [0.05, 0.1) is 0 Å². The number of hydrogen-bond donors (Lipinski definition) is 2. The van der Waals surface area contributed by atoms with E-state index >= 15 is 0 Å². The number of amides is 1. The minimum Gasteiger partial charge on any atom is -0.355 e. The summed E-state index contributed by atoms with van der Waals surface area (Å²) in [5.74, 6) is -1.83. The van der Waals surface area contributed by atoms with E-state index in [2.05, 4.69) is 20.8 Å². The Kier molecular flexibility index (Phi) is 5.12. The van der Waals surface area contributed by atoms with Crippen molar-refractivity contribution >= 4 is 5.91 Å². The van der Waals surface area contributed by atoms with E-state index in [1.807, 2.05) is 0 Å². The maximum Gasteiger partial charge on any atom is 0.273 e. The fraction of sp³-hybridized carbons (Fsp3) is 0.250. The summed E-state index contributed by atoms with van der Waals surface area (Å²) in [6, 6.07) is 8.66. The zero-order valence-corrected chi connectivity index (χ0v) is 14.9. The molecule has 1 aliphatic heterocycles. The molecule has 2 aromatic heterocycles. The monoisotopic (exact) mass is 384 g/mol. The van der Waals surface area contributed by atoms with Gasteiger partial charge in [-0.15, -0.1) is 0 Å². The van der Waals surface area contributed by atoms with Gasteiger partial charge in [0.2, 0.25) is 0 Å². The van der Waals surface area contributed by atoms with Crippen LogP contribution in [0.5, 0.6) is 0 Å². The van der Waals surface area contributed by atoms with Crippen molar-refractivity contribution in [2.45, 2.75) is 18.4 Å². The molecule has 0 spiro atoms. The van der Waals surface area contributed by atoms with Gasteiger partial charge < -0.3 is 15.2 Å². The Morgan fingerprint density at radius 3 is 2.75 bits per heavy atom. The average molecular weight is 384 g/mol. The normalized spacial score (nSPS) is 19.4. The Morgan fingerprint density at radius 1 is 1.14 bits per heavy atom. The molecule has 0 saturated carbocycles. The van der Waals surface area contributed by atoms with Crippen LogP contribution in [0, 0.1) is 11.6 Å². The van der Waals surface area contributed by atoms with Crippen molar-refractivity contribution in [1.29, 1.82) is 0 Å². The van der Waals surface area contributed by atoms with Crippen molar-refractivity contribution in [1.82, 2.24) is 20.8 Å². The van der Waals surface area contributed by atoms with Crippen LogP contribution in [0.4, 0.5) is 8.78 Å². The highest BCUT2D eigenvalue weighted by Gasteiger charge is 2.29. The molecule has 0 aliphatic carbocycles. The van der Waals surface area contributed by atoms with Gasteiger partial charge in [-0.2, -0.15) is 0 Å². The summed E-state index contributed by atoms with van der Waals surface area (Å²) in [5, 5.41) is 9.99. The van der Waals surface area contributed by atoms with Crippen molar-refractivity contribution in [2.75, 3.05) is 13.1 Å². The molecule has 4 rings (SSSR count). The molecule has 8 heteroatoms. The van der Waals surface area contributed by atoms with E-state index in [9.17, 15) is 13.6 Å². The second-order valence-electron chi connectivity index (χ2n) is 6.67. The van der Waals surface area contributed by atoms with E-state index in [1.165, 1.54) is 6.07 Å². The number of aromatic nitrogens is 2. The third-order valence-electron chi connectivity index (χ3n) is 4.88. The molecule has 144 valence electrons. The van der Waals surface area contributed by atoms with E-state index in [1.54, 1.807) is 36.7 Å². The van der Waals surface area contributed by atoms with Crippen molar-refractivity contribution in [3.05, 3.63) is 71.7 Å². The number of carbonyl (C=O) groups excluding carboxylic acids is 1. The van der Waals surface area contributed by atoms with Crippen LogP contribution in [-0.4, -0.2) is 35.2 Å². The van der Waals surface area contributed by atoms with Crippen molar-refractivity contribution in [3.63, 3.8) is 0 Å². The van der Waals surface area contributed by atoms with Crippen LogP contribution in [0.2, 0.25) is 0 Å². The van der Waals surface area contributed by atoms with Gasteiger partial charge in [0, 0.05) is 42.5 Å². The number of piperidine rings is 1. The molecular formula is C20H18F2N4O2. The predicted octanol–water partition coefficient (Wildman–Crippen LogP) is 2.89. The highest BCUT2D eigenvalue weighted by atomic mass is 19.2. The number of nitrogens with one attached hydrogen (secondary N) is 2. The van der Waals surface area contributed by atoms with Gasteiger partial charge in [-0.3, -0.25) is 9.78 Å². The minimum absolute atomic E-state index is 0.133. The molecule has 2 N–H and O–H groups in total. The zero-order valence-electron chi connectivity index (χ0n) is 14.9. The first-order valence-electron chi connectivity index (χ1n) is 8.95. The lowest BCUT2D eigenvalue weighted by molar-refractivity contribution is 0.0915. The molecule has 1 aliphatic rings. The van der Waals surface area contributed by atoms with Crippen LogP contribution < -0.4 is 10.6 Å². The molecule has 3 heterocycles. The number of halogens is 2. The molecule has 1 aromatic carbocycles. The Labute approximate surface area is 160 Å². The van der Waals surface area contributed by atoms with E-state index in [0.29, 0.717) is 24.3 Å². The Bertz CT molecular complexity index is 977. The SMILES string of the molecule is O=C(NC1CNCCC1c1ccc(F)c(F)c1)c1cc(-c2ccncc2)on1. The van der Waals surface area contributed by atoms with Crippen molar-refractivity contribution in [2.24, 2.45) is 0 Å². The van der Waals surface area contributed by atoms with Crippen LogP contribution in [-0.2, 0) is 0 Å². The van der Waals surface area contributed by atoms with E-state index < -0.39 is 11.6 Å². The maximum atomic E-state index is 13.6. The lowest BCUT2D eigenvalue weighted by Crippen LogP contribution is -2.50. The molecular weight excluding hydrogens is 366 g/mol. The van der Waals surface area contributed by atoms with E-state index in [-0.39, 0.29) is 23.6 Å². The first kappa shape index (κ1) is 18.2. The summed E-state index contributed by atoms with van der Waals surface area (Å²) in [5.41, 5.74) is 1.57. The summed E-state index contributed by atoms with van der Waals surface area (Å²) < 4.78 is 32.2. The van der Waals surface area contributed by atoms with Crippen molar-refractivity contribution < 1.29 is 18.1 Å². The Balaban J connectivity index is 1.51. The van der Waals surface area contributed by atoms with Gasteiger partial charge in [0.25, 0.3) is 5.91 Å². The van der Waals surface area contributed by atoms with Crippen LogP contribution in [0.1, 0.15) is 28.4 Å². The molecule has 0 radical (unpaired) electrons. The first-order valence-corrected chi connectivity index (χ1v) is 8.95. The van der Waals surface area contributed by atoms with Crippen LogP contribution >= 0.6 is 0 Å². The summed E-state index contributed by atoms with van der Waals surface area (Å²) in [4.78, 5) is 16.6. The third kappa shape index (κ3) is 3.77. The summed E-state index contributed by atoms with van der Waals surface area (Å²) in [7, 11) is 0. The smallest absolute Gasteiger partial charge is 0.273 e. The van der Waals surface area contributed by atoms with Crippen LogP contribution in [0.3, 0.4) is 0 Å². The van der Waals surface area contributed by atoms with E-state index in [4.69, 9.17) is 4.52 Å². The molecule has 1 fully saturated rings. The molecule has 28 heavy (non-hydrogen) atoms. The lowest BCUT2D eigenvalue weighted by Gasteiger charge is -2.33.